The molecule has 0 radical (unpaired) electrons. The molecule has 12 N–H and O–H groups in total. The van der Waals surface area contributed by atoms with E-state index in [-0.39, 0.29) is 83.5 Å². The fourth-order valence-electron chi connectivity index (χ4n) is 8.20. The second-order valence-electron chi connectivity index (χ2n) is 15.3. The number of phenols is 1. The molecule has 0 aromatic heterocycles. The van der Waals surface area contributed by atoms with Crippen molar-refractivity contribution in [3.05, 3.63) is 41.0 Å². The quantitative estimate of drug-likeness (QED) is 0.0569. The van der Waals surface area contributed by atoms with Crippen molar-refractivity contribution in [1.29, 1.82) is 0 Å². The van der Waals surface area contributed by atoms with Crippen LogP contribution in [-0.2, 0) is 63.7 Å². The number of phenolic OH excluding ortho intramolecular Hbond substituents is 1. The van der Waals surface area contributed by atoms with Gasteiger partial charge >= 0.3 is 34.7 Å². The standard InChI is InChI=1S/C29H32O13.C6H8O4.C4H11Cl2N2O2P.2H3N.Pt/c1-11-36-9-20-27(40-11)24(31)25(32)29(41-20)42-26-14-7-17-16(38-10-39-17)6-13(14)21(22-15(26)8-37-28(22)33)12-4-18(34-2)23(30)19(5-12)35-3;7-4(8)6(5(9)10)2-1-3-6;5-1-3-7-11(9,10)8-4-2-6;;;/h4-7,11,15,20-22,24-27,29-32H,8-10H2,1-3H3;1-3H2,(H,7,8)(H,9,10);1-4H2,(H3,7,8,9,10);2*1H3;/q;;;;;+2/p-2/t11-,15+,20-,21-,22+,24-,25-,26-,27-,29+;;;;;/m1...../s1. The smallest absolute Gasteiger partial charge is 0.549 e. The number of cyclic esters (lactones) is 1. The van der Waals surface area contributed by atoms with Gasteiger partial charge in [-0.15, -0.1) is 23.2 Å². The summed E-state index contributed by atoms with van der Waals surface area (Å²) in [5, 5.41) is 57.6. The molecule has 0 spiro atoms. The number of halogens is 2. The van der Waals surface area contributed by atoms with Crippen LogP contribution in [-0.4, -0.2) is 134 Å². The molecule has 2 aromatic carbocycles. The van der Waals surface area contributed by atoms with Gasteiger partial charge < -0.3 is 94.9 Å². The van der Waals surface area contributed by atoms with Crippen LogP contribution < -0.4 is 51.6 Å². The van der Waals surface area contributed by atoms with Gasteiger partial charge in [0.1, 0.15) is 24.4 Å². The molecule has 1 saturated carbocycles. The van der Waals surface area contributed by atoms with E-state index in [9.17, 15) is 44.5 Å². The Morgan fingerprint density at radius 1 is 0.894 bits per heavy atom. The second-order valence-corrected chi connectivity index (χ2v) is 17.8. The minimum atomic E-state index is -3.39. The Labute approximate surface area is 403 Å². The Morgan fingerprint density at radius 2 is 1.45 bits per heavy atom. The molecule has 10 atom stereocenters. The first-order valence-electron chi connectivity index (χ1n) is 19.9. The Morgan fingerprint density at radius 3 is 1.94 bits per heavy atom. The van der Waals surface area contributed by atoms with Crippen LogP contribution in [0.4, 0.5) is 0 Å². The molecule has 2 aliphatic carbocycles. The van der Waals surface area contributed by atoms with Crippen molar-refractivity contribution in [1.82, 2.24) is 22.5 Å². The number of carboxylic acids is 2. The molecule has 0 bridgehead atoms. The van der Waals surface area contributed by atoms with E-state index < -0.39 is 91.8 Å². The number of nitrogens with one attached hydrogen (secondary N) is 2. The van der Waals surface area contributed by atoms with Crippen LogP contribution in [0.15, 0.2) is 24.3 Å². The summed E-state index contributed by atoms with van der Waals surface area (Å²) in [6, 6.07) is 6.93. The Hall–Kier alpha value is -3.09. The van der Waals surface area contributed by atoms with Crippen molar-refractivity contribution in [3.63, 3.8) is 0 Å². The number of aliphatic hydroxyl groups excluding tert-OH is 2. The van der Waals surface area contributed by atoms with Crippen LogP contribution in [0.2, 0.25) is 0 Å². The summed E-state index contributed by atoms with van der Waals surface area (Å²) in [4.78, 5) is 42.8. The molecule has 66 heavy (non-hydrogen) atoms. The molecule has 23 nitrogen and oxygen atoms in total. The van der Waals surface area contributed by atoms with Crippen LogP contribution in [0.5, 0.6) is 28.7 Å². The number of benzene rings is 2. The summed E-state index contributed by atoms with van der Waals surface area (Å²) in [6.07, 6.45) is -5.87. The van der Waals surface area contributed by atoms with E-state index in [2.05, 4.69) is 10.2 Å². The Kier molecular flexibility index (Phi) is 21.2. The normalized spacial score (nSPS) is 28.4. The summed E-state index contributed by atoms with van der Waals surface area (Å²) < 4.78 is 62.5. The molecule has 4 aliphatic heterocycles. The van der Waals surface area contributed by atoms with Gasteiger partial charge in [0.25, 0.3) is 0 Å². The second kappa shape index (κ2) is 24.5. The molecule has 27 heteroatoms. The molecule has 0 unspecified atom stereocenters. The van der Waals surface area contributed by atoms with Gasteiger partial charge in [0.05, 0.1) is 51.4 Å². The topological polar surface area (TPSA) is 372 Å². The maximum absolute atomic E-state index is 13.4. The zero-order chi connectivity index (χ0) is 45.8. The monoisotopic (exact) mass is 1180 g/mol. The third kappa shape index (κ3) is 12.0. The molecular formula is C39H55Cl2N4O19PPt. The van der Waals surface area contributed by atoms with Gasteiger partial charge in [-0.05, 0) is 60.7 Å². The first-order valence-corrected chi connectivity index (χ1v) is 22.6. The van der Waals surface area contributed by atoms with E-state index in [1.165, 1.54) is 14.2 Å². The SMILES string of the molecule is COc1cc([C@@H]2c3cc4c(cc3[C@@H](O[C@@H]3O[C@@H]5CO[C@@H](C)O[C@H]5[C@H](O)[C@H]3O)[C@H]3COC(=O)[C@H]23)OCO4)cc(OC)c1O.N.N.O=C([O-])C1(C(=O)[O-])CCC1.O=P(O)(NCCCl)NCCCl.[Pt+2]. The van der Waals surface area contributed by atoms with E-state index in [4.69, 9.17) is 70.7 Å². The number of esters is 1. The maximum Gasteiger partial charge on any atom is 2.00 e. The number of hydrogen-bond acceptors (Lipinski definition) is 20. The number of aromatic hydroxyl groups is 1. The molecule has 2 aromatic rings. The zero-order valence-corrected chi connectivity index (χ0v) is 40.7. The summed E-state index contributed by atoms with van der Waals surface area (Å²) >= 11 is 10.6. The molecule has 4 heterocycles. The van der Waals surface area contributed by atoms with E-state index >= 15 is 0 Å². The minimum absolute atomic E-state index is 0. The van der Waals surface area contributed by atoms with Crippen LogP contribution in [0.25, 0.3) is 0 Å². The van der Waals surface area contributed by atoms with Crippen LogP contribution in [0, 0.1) is 17.3 Å². The van der Waals surface area contributed by atoms with Gasteiger partial charge in [0, 0.05) is 42.1 Å². The Balaban J connectivity index is 0.000000401. The van der Waals surface area contributed by atoms with Crippen LogP contribution in [0.1, 0.15) is 54.9 Å². The summed E-state index contributed by atoms with van der Waals surface area (Å²) in [7, 11) is -0.535. The van der Waals surface area contributed by atoms with Crippen molar-refractivity contribution >= 4 is 48.8 Å². The number of aliphatic carboxylic acids is 2. The number of ether oxygens (including phenoxy) is 9. The number of carbonyl (C=O) groups excluding carboxylic acids is 3. The molecule has 8 rings (SSSR count). The van der Waals surface area contributed by atoms with Gasteiger partial charge in [0.2, 0.25) is 12.5 Å². The van der Waals surface area contributed by atoms with Crippen molar-refractivity contribution in [2.24, 2.45) is 17.3 Å². The number of carboxylic acid groups (broad SMARTS) is 2. The first-order chi connectivity index (χ1) is 30.0. The van der Waals surface area contributed by atoms with Crippen molar-refractivity contribution in [2.45, 2.75) is 75.2 Å². The first kappa shape index (κ1) is 57.2. The number of hydrogen-bond donors (Lipinski definition) is 8. The number of methoxy groups -OCH3 is 2. The number of alkyl halides is 2. The molecular weight excluding hydrogens is 1130 g/mol. The van der Waals surface area contributed by atoms with Crippen molar-refractivity contribution in [2.75, 3.05) is 59.1 Å². The average Bonchev–Trinajstić information content (AvgIpc) is 3.86. The number of rotatable bonds is 13. The predicted molar refractivity (Wildman–Crippen MR) is 222 cm³/mol. The number of aliphatic hydroxyl groups is 2. The van der Waals surface area contributed by atoms with E-state index in [0.717, 1.165) is 0 Å². The number of carbonyl (C=O) groups is 3. The maximum atomic E-state index is 13.4. The molecule has 0 amide bonds. The van der Waals surface area contributed by atoms with Gasteiger partial charge in [-0.1, -0.05) is 6.42 Å². The van der Waals surface area contributed by atoms with Crippen molar-refractivity contribution < 1.29 is 113 Å². The van der Waals surface area contributed by atoms with E-state index in [0.29, 0.717) is 59.5 Å². The summed E-state index contributed by atoms with van der Waals surface area (Å²) in [5.41, 5.74) is 0.347. The minimum Gasteiger partial charge on any atom is -0.549 e. The summed E-state index contributed by atoms with van der Waals surface area (Å²) in [6.45, 7) is 2.52. The zero-order valence-electron chi connectivity index (χ0n) is 36.0. The third-order valence-corrected chi connectivity index (χ3v) is 13.3. The largest absolute Gasteiger partial charge is 2.00 e. The van der Waals surface area contributed by atoms with Crippen molar-refractivity contribution in [3.8, 4) is 28.7 Å². The van der Waals surface area contributed by atoms with E-state index in [1.807, 2.05) is 0 Å². The van der Waals surface area contributed by atoms with Gasteiger partial charge in [-0.2, -0.15) is 0 Å². The van der Waals surface area contributed by atoms with Crippen LogP contribution >= 0.6 is 30.9 Å². The van der Waals surface area contributed by atoms with Gasteiger partial charge in [0.15, 0.2) is 35.6 Å². The molecule has 6 aliphatic rings. The fraction of sp³-hybridized carbons (Fsp3) is 0.615. The van der Waals surface area contributed by atoms with Crippen LogP contribution in [0.3, 0.4) is 0 Å². The fourth-order valence-corrected chi connectivity index (χ4v) is 9.59. The molecule has 4 fully saturated rings. The number of fused-ring (bicyclic) bond motifs is 4. The van der Waals surface area contributed by atoms with Gasteiger partial charge in [-0.25, -0.2) is 10.2 Å². The summed E-state index contributed by atoms with van der Waals surface area (Å²) in [5.74, 6) is -3.46. The Bertz CT molecular complexity index is 1990. The average molecular weight is 1180 g/mol. The molecule has 374 valence electrons. The molecule has 3 saturated heterocycles. The van der Waals surface area contributed by atoms with Gasteiger partial charge in [-0.3, -0.25) is 9.36 Å². The third-order valence-electron chi connectivity index (χ3n) is 11.6. The predicted octanol–water partition coefficient (Wildman–Crippen LogP) is 0.0602. The van der Waals surface area contributed by atoms with E-state index in [1.54, 1.807) is 31.2 Å².